The molecular formula is C10H31N3. The third kappa shape index (κ3) is 18.7. The van der Waals surface area contributed by atoms with E-state index in [1.54, 1.807) is 0 Å². The standard InChI is InChI=1S/C7H19N3.3CH4/c1-8(2)6-10(5)7-9(3)4;;;/h6-7H2,1-5H3;3*1H4. The molecule has 0 amide bonds. The predicted octanol–water partition coefficient (Wildman–Crippen LogP) is 1.86. The Balaban J connectivity index is -0.000000135. The third-order valence-corrected chi connectivity index (χ3v) is 1.05. The quantitative estimate of drug-likeness (QED) is 0.631. The summed E-state index contributed by atoms with van der Waals surface area (Å²) < 4.78 is 0. The lowest BCUT2D eigenvalue weighted by molar-refractivity contribution is 0.147. The summed E-state index contributed by atoms with van der Waals surface area (Å²) >= 11 is 0. The summed E-state index contributed by atoms with van der Waals surface area (Å²) in [6.45, 7) is 2.02. The number of hydrogen-bond acceptors (Lipinski definition) is 3. The van der Waals surface area contributed by atoms with E-state index in [-0.39, 0.29) is 22.3 Å². The molecule has 0 radical (unpaired) electrons. The Kier molecular flexibility index (Phi) is 21.1. The molecule has 0 spiro atoms. The van der Waals surface area contributed by atoms with Crippen molar-refractivity contribution in [2.75, 3.05) is 48.6 Å². The van der Waals surface area contributed by atoms with Crippen molar-refractivity contribution in [3.05, 3.63) is 0 Å². The minimum Gasteiger partial charge on any atom is -0.297 e. The van der Waals surface area contributed by atoms with Crippen molar-refractivity contribution in [2.45, 2.75) is 22.3 Å². The average Bonchev–Trinajstić information content (AvgIpc) is 1.58. The van der Waals surface area contributed by atoms with Gasteiger partial charge in [-0.2, -0.15) is 0 Å². The van der Waals surface area contributed by atoms with Crippen LogP contribution in [-0.2, 0) is 0 Å². The highest BCUT2D eigenvalue weighted by Gasteiger charge is 1.98. The summed E-state index contributed by atoms with van der Waals surface area (Å²) in [7, 11) is 10.4. The van der Waals surface area contributed by atoms with Crippen molar-refractivity contribution in [3.63, 3.8) is 0 Å². The first-order chi connectivity index (χ1) is 4.52. The molecule has 86 valence electrons. The molecule has 0 bridgehead atoms. The van der Waals surface area contributed by atoms with E-state index in [2.05, 4.69) is 49.9 Å². The monoisotopic (exact) mass is 193 g/mol. The van der Waals surface area contributed by atoms with Gasteiger partial charge in [0.15, 0.2) is 0 Å². The van der Waals surface area contributed by atoms with Gasteiger partial charge in [-0.05, 0) is 35.2 Å². The fourth-order valence-electron chi connectivity index (χ4n) is 1.01. The highest BCUT2D eigenvalue weighted by Crippen LogP contribution is 1.85. The van der Waals surface area contributed by atoms with Crippen LogP contribution in [0.2, 0.25) is 0 Å². The van der Waals surface area contributed by atoms with Gasteiger partial charge in [0, 0.05) is 0 Å². The molecule has 0 aromatic heterocycles. The minimum atomic E-state index is 0. The van der Waals surface area contributed by atoms with Gasteiger partial charge in [0.05, 0.1) is 13.3 Å². The zero-order valence-corrected chi connectivity index (χ0v) is 7.76. The largest absolute Gasteiger partial charge is 0.297 e. The molecule has 0 N–H and O–H groups in total. The molecular weight excluding hydrogens is 162 g/mol. The summed E-state index contributed by atoms with van der Waals surface area (Å²) in [6.07, 6.45) is 0. The van der Waals surface area contributed by atoms with Gasteiger partial charge < -0.3 is 0 Å². The second-order valence-electron chi connectivity index (χ2n) is 3.30. The highest BCUT2D eigenvalue weighted by molar-refractivity contribution is 4.45. The summed E-state index contributed by atoms with van der Waals surface area (Å²) in [5.41, 5.74) is 0. The van der Waals surface area contributed by atoms with Crippen LogP contribution in [-0.4, -0.2) is 63.3 Å². The zero-order chi connectivity index (χ0) is 8.15. The van der Waals surface area contributed by atoms with Gasteiger partial charge in [0.2, 0.25) is 0 Å². The molecule has 3 heteroatoms. The van der Waals surface area contributed by atoms with Crippen molar-refractivity contribution in [3.8, 4) is 0 Å². The first-order valence-electron chi connectivity index (χ1n) is 3.50. The summed E-state index contributed by atoms with van der Waals surface area (Å²) in [5, 5.41) is 0. The molecule has 0 aromatic rings. The van der Waals surface area contributed by atoms with Gasteiger partial charge >= 0.3 is 0 Å². The fraction of sp³-hybridized carbons (Fsp3) is 1.00. The lowest BCUT2D eigenvalue weighted by atomic mass is 10.7. The molecule has 0 aromatic carbocycles. The highest BCUT2D eigenvalue weighted by atomic mass is 15.3. The number of hydrogen-bond donors (Lipinski definition) is 0. The van der Waals surface area contributed by atoms with E-state index in [1.807, 2.05) is 0 Å². The molecule has 0 heterocycles. The molecule has 0 fully saturated rings. The van der Waals surface area contributed by atoms with E-state index in [9.17, 15) is 0 Å². The Labute approximate surface area is 86.3 Å². The molecule has 0 aliphatic rings. The zero-order valence-electron chi connectivity index (χ0n) is 7.76. The molecule has 0 aliphatic heterocycles. The van der Waals surface area contributed by atoms with Crippen LogP contribution in [0.5, 0.6) is 0 Å². The Morgan fingerprint density at radius 1 is 0.615 bits per heavy atom. The van der Waals surface area contributed by atoms with Crippen LogP contribution in [0.3, 0.4) is 0 Å². The molecule has 0 aliphatic carbocycles. The molecule has 0 saturated heterocycles. The maximum atomic E-state index is 2.25. The van der Waals surface area contributed by atoms with Crippen LogP contribution in [0.4, 0.5) is 0 Å². The second-order valence-corrected chi connectivity index (χ2v) is 3.30. The number of rotatable bonds is 4. The van der Waals surface area contributed by atoms with Crippen LogP contribution in [0.15, 0.2) is 0 Å². The number of nitrogens with zero attached hydrogens (tertiary/aromatic N) is 3. The van der Waals surface area contributed by atoms with Gasteiger partial charge in [-0.15, -0.1) is 0 Å². The molecule has 0 rings (SSSR count). The summed E-state index contributed by atoms with van der Waals surface area (Å²) in [6, 6.07) is 0. The van der Waals surface area contributed by atoms with Gasteiger partial charge in [-0.3, -0.25) is 14.7 Å². The Morgan fingerprint density at radius 3 is 1.00 bits per heavy atom. The van der Waals surface area contributed by atoms with Gasteiger partial charge in [0.1, 0.15) is 0 Å². The fourth-order valence-corrected chi connectivity index (χ4v) is 1.01. The van der Waals surface area contributed by atoms with E-state index in [0.717, 1.165) is 13.3 Å². The summed E-state index contributed by atoms with van der Waals surface area (Å²) in [4.78, 5) is 6.56. The van der Waals surface area contributed by atoms with Crippen LogP contribution in [0.25, 0.3) is 0 Å². The summed E-state index contributed by atoms with van der Waals surface area (Å²) in [5.74, 6) is 0. The van der Waals surface area contributed by atoms with E-state index < -0.39 is 0 Å². The molecule has 13 heavy (non-hydrogen) atoms. The smallest absolute Gasteiger partial charge is 0.0509 e. The van der Waals surface area contributed by atoms with E-state index in [1.165, 1.54) is 0 Å². The second kappa shape index (κ2) is 11.9. The molecule has 0 saturated carbocycles. The SMILES string of the molecule is C.C.C.CN(C)CN(C)CN(C)C. The molecule has 3 nitrogen and oxygen atoms in total. The first-order valence-corrected chi connectivity index (χ1v) is 3.50. The van der Waals surface area contributed by atoms with Crippen LogP contribution >= 0.6 is 0 Å². The maximum absolute atomic E-state index is 2.25. The lowest BCUT2D eigenvalue weighted by Crippen LogP contribution is -2.36. The van der Waals surface area contributed by atoms with E-state index in [4.69, 9.17) is 0 Å². The molecule has 0 unspecified atom stereocenters. The Bertz CT molecular complexity index is 72.2. The first kappa shape index (κ1) is 23.1. The van der Waals surface area contributed by atoms with E-state index >= 15 is 0 Å². The van der Waals surface area contributed by atoms with Gasteiger partial charge in [0.25, 0.3) is 0 Å². The van der Waals surface area contributed by atoms with Gasteiger partial charge in [-0.25, -0.2) is 0 Å². The predicted molar refractivity (Wildman–Crippen MR) is 65.1 cm³/mol. The average molecular weight is 193 g/mol. The normalized spacial score (nSPS) is 9.23. The van der Waals surface area contributed by atoms with Crippen molar-refractivity contribution in [1.82, 2.24) is 14.7 Å². The van der Waals surface area contributed by atoms with Crippen LogP contribution < -0.4 is 0 Å². The van der Waals surface area contributed by atoms with Gasteiger partial charge in [-0.1, -0.05) is 22.3 Å². The lowest BCUT2D eigenvalue weighted by Gasteiger charge is -2.24. The van der Waals surface area contributed by atoms with Crippen LogP contribution in [0.1, 0.15) is 22.3 Å². The van der Waals surface area contributed by atoms with Crippen molar-refractivity contribution < 1.29 is 0 Å². The third-order valence-electron chi connectivity index (χ3n) is 1.05. The minimum absolute atomic E-state index is 0. The van der Waals surface area contributed by atoms with Crippen LogP contribution in [0, 0.1) is 0 Å². The Hall–Kier alpha value is -0.120. The van der Waals surface area contributed by atoms with Crippen molar-refractivity contribution >= 4 is 0 Å². The maximum Gasteiger partial charge on any atom is 0.0509 e. The topological polar surface area (TPSA) is 9.72 Å². The van der Waals surface area contributed by atoms with Crippen molar-refractivity contribution in [1.29, 1.82) is 0 Å². The molecule has 0 atom stereocenters. The Morgan fingerprint density at radius 2 is 0.846 bits per heavy atom. The van der Waals surface area contributed by atoms with E-state index in [0.29, 0.717) is 0 Å². The van der Waals surface area contributed by atoms with Crippen molar-refractivity contribution in [2.24, 2.45) is 0 Å².